The Balaban J connectivity index is 1.49. The zero-order valence-corrected chi connectivity index (χ0v) is 10.3. The summed E-state index contributed by atoms with van der Waals surface area (Å²) in [6.07, 6.45) is 2.83. The molecular formula is C13H21N3O. The standard InChI is InChI=1S/C13H21N3O/c14-9-12-3-4-13(17-12)10-15-5-7-16(8-6-15)11-1-2-11/h3-4,11H,1-2,5-10,14H2. The monoisotopic (exact) mass is 235 g/mol. The first-order valence-electron chi connectivity index (χ1n) is 6.59. The molecule has 1 aliphatic carbocycles. The summed E-state index contributed by atoms with van der Waals surface area (Å²) in [5, 5.41) is 0. The van der Waals surface area contributed by atoms with Crippen molar-refractivity contribution in [2.45, 2.75) is 32.0 Å². The van der Waals surface area contributed by atoms with E-state index in [1.165, 1.54) is 25.9 Å². The number of piperazine rings is 1. The number of furan rings is 1. The summed E-state index contributed by atoms with van der Waals surface area (Å²) in [6.45, 7) is 6.18. The molecule has 2 aliphatic rings. The van der Waals surface area contributed by atoms with Crippen molar-refractivity contribution in [2.75, 3.05) is 26.2 Å². The molecule has 1 aliphatic heterocycles. The van der Waals surface area contributed by atoms with Gasteiger partial charge in [-0.3, -0.25) is 9.80 Å². The first-order valence-corrected chi connectivity index (χ1v) is 6.59. The molecule has 0 bridgehead atoms. The molecule has 1 saturated heterocycles. The van der Waals surface area contributed by atoms with E-state index in [-0.39, 0.29) is 0 Å². The summed E-state index contributed by atoms with van der Waals surface area (Å²) in [5.74, 6) is 1.93. The van der Waals surface area contributed by atoms with Gasteiger partial charge in [-0.25, -0.2) is 0 Å². The van der Waals surface area contributed by atoms with E-state index in [1.54, 1.807) is 0 Å². The highest BCUT2D eigenvalue weighted by molar-refractivity contribution is 5.07. The van der Waals surface area contributed by atoms with E-state index < -0.39 is 0 Å². The predicted molar refractivity (Wildman–Crippen MR) is 66.5 cm³/mol. The minimum atomic E-state index is 0.495. The summed E-state index contributed by atoms with van der Waals surface area (Å²) in [6, 6.07) is 4.94. The molecule has 0 radical (unpaired) electrons. The van der Waals surface area contributed by atoms with Gasteiger partial charge in [-0.05, 0) is 25.0 Å². The highest BCUT2D eigenvalue weighted by atomic mass is 16.3. The fraction of sp³-hybridized carbons (Fsp3) is 0.692. The van der Waals surface area contributed by atoms with E-state index in [4.69, 9.17) is 10.2 Å². The second-order valence-electron chi connectivity index (χ2n) is 5.12. The van der Waals surface area contributed by atoms with Crippen LogP contribution in [0.15, 0.2) is 16.5 Å². The quantitative estimate of drug-likeness (QED) is 0.846. The van der Waals surface area contributed by atoms with Gasteiger partial charge in [0.25, 0.3) is 0 Å². The molecule has 0 aromatic carbocycles. The van der Waals surface area contributed by atoms with Gasteiger partial charge in [0.2, 0.25) is 0 Å². The van der Waals surface area contributed by atoms with Crippen molar-refractivity contribution in [1.29, 1.82) is 0 Å². The zero-order chi connectivity index (χ0) is 11.7. The third-order valence-corrected chi connectivity index (χ3v) is 3.77. The van der Waals surface area contributed by atoms with Crippen LogP contribution in [-0.4, -0.2) is 42.0 Å². The van der Waals surface area contributed by atoms with Gasteiger partial charge < -0.3 is 10.2 Å². The van der Waals surface area contributed by atoms with Crippen LogP contribution in [0, 0.1) is 0 Å². The maximum atomic E-state index is 5.64. The van der Waals surface area contributed by atoms with Crippen LogP contribution < -0.4 is 5.73 Å². The van der Waals surface area contributed by atoms with E-state index in [9.17, 15) is 0 Å². The van der Waals surface area contributed by atoms with Gasteiger partial charge in [-0.1, -0.05) is 0 Å². The Bertz CT molecular complexity index is 364. The van der Waals surface area contributed by atoms with Crippen molar-refractivity contribution in [3.63, 3.8) is 0 Å². The van der Waals surface area contributed by atoms with Crippen molar-refractivity contribution >= 4 is 0 Å². The van der Waals surface area contributed by atoms with Gasteiger partial charge in [0, 0.05) is 32.2 Å². The van der Waals surface area contributed by atoms with Crippen LogP contribution in [-0.2, 0) is 13.1 Å². The van der Waals surface area contributed by atoms with E-state index >= 15 is 0 Å². The lowest BCUT2D eigenvalue weighted by atomic mass is 10.3. The van der Waals surface area contributed by atoms with Gasteiger partial charge in [-0.2, -0.15) is 0 Å². The van der Waals surface area contributed by atoms with Gasteiger partial charge >= 0.3 is 0 Å². The molecule has 3 rings (SSSR count). The topological polar surface area (TPSA) is 45.6 Å². The van der Waals surface area contributed by atoms with Crippen molar-refractivity contribution in [2.24, 2.45) is 5.73 Å². The van der Waals surface area contributed by atoms with Crippen LogP contribution in [0.1, 0.15) is 24.4 Å². The molecule has 1 saturated carbocycles. The SMILES string of the molecule is NCc1ccc(CN2CCN(C3CC3)CC2)o1. The minimum Gasteiger partial charge on any atom is -0.463 e. The molecule has 0 amide bonds. The number of rotatable bonds is 4. The molecule has 94 valence electrons. The van der Waals surface area contributed by atoms with Crippen molar-refractivity contribution in [3.05, 3.63) is 23.7 Å². The van der Waals surface area contributed by atoms with Crippen LogP contribution in [0.25, 0.3) is 0 Å². The molecular weight excluding hydrogens is 214 g/mol. The largest absolute Gasteiger partial charge is 0.463 e. The Hall–Kier alpha value is -0.840. The number of nitrogens with zero attached hydrogens (tertiary/aromatic N) is 2. The lowest BCUT2D eigenvalue weighted by molar-refractivity contribution is 0.115. The Kier molecular flexibility index (Phi) is 3.18. The molecule has 1 aromatic rings. The first-order chi connectivity index (χ1) is 8.35. The van der Waals surface area contributed by atoms with E-state index in [2.05, 4.69) is 15.9 Å². The summed E-state index contributed by atoms with van der Waals surface area (Å²) in [5.41, 5.74) is 5.54. The summed E-state index contributed by atoms with van der Waals surface area (Å²) in [7, 11) is 0. The highest BCUT2D eigenvalue weighted by Gasteiger charge is 2.31. The third-order valence-electron chi connectivity index (χ3n) is 3.77. The maximum absolute atomic E-state index is 5.64. The van der Waals surface area contributed by atoms with Gasteiger partial charge in [0.15, 0.2) is 0 Å². The molecule has 4 nitrogen and oxygen atoms in total. The summed E-state index contributed by atoms with van der Waals surface area (Å²) in [4.78, 5) is 5.10. The molecule has 0 unspecified atom stereocenters. The molecule has 1 aromatic heterocycles. The fourth-order valence-electron chi connectivity index (χ4n) is 2.56. The van der Waals surface area contributed by atoms with Crippen LogP contribution in [0.4, 0.5) is 0 Å². The van der Waals surface area contributed by atoms with Crippen molar-refractivity contribution in [1.82, 2.24) is 9.80 Å². The van der Waals surface area contributed by atoms with Crippen molar-refractivity contribution in [3.8, 4) is 0 Å². The number of nitrogens with two attached hydrogens (primary N) is 1. The average Bonchev–Trinajstić information content (AvgIpc) is 3.11. The van der Waals surface area contributed by atoms with E-state index in [0.717, 1.165) is 37.2 Å². The fourth-order valence-corrected chi connectivity index (χ4v) is 2.56. The Morgan fingerprint density at radius 1 is 1.12 bits per heavy atom. The molecule has 0 atom stereocenters. The zero-order valence-electron chi connectivity index (χ0n) is 10.3. The summed E-state index contributed by atoms with van der Waals surface area (Å²) < 4.78 is 5.64. The smallest absolute Gasteiger partial charge is 0.118 e. The first kappa shape index (κ1) is 11.3. The van der Waals surface area contributed by atoms with E-state index in [1.807, 2.05) is 6.07 Å². The Morgan fingerprint density at radius 2 is 1.82 bits per heavy atom. The number of hydrogen-bond acceptors (Lipinski definition) is 4. The lowest BCUT2D eigenvalue weighted by Gasteiger charge is -2.34. The predicted octanol–water partition coefficient (Wildman–Crippen LogP) is 1.02. The second kappa shape index (κ2) is 4.80. The van der Waals surface area contributed by atoms with Gasteiger partial charge in [0.05, 0.1) is 13.1 Å². The van der Waals surface area contributed by atoms with E-state index in [0.29, 0.717) is 6.54 Å². The molecule has 2 N–H and O–H groups in total. The minimum absolute atomic E-state index is 0.495. The highest BCUT2D eigenvalue weighted by Crippen LogP contribution is 2.27. The number of hydrogen-bond donors (Lipinski definition) is 1. The molecule has 0 spiro atoms. The molecule has 2 fully saturated rings. The molecule has 2 heterocycles. The van der Waals surface area contributed by atoms with Gasteiger partial charge in [-0.15, -0.1) is 0 Å². The van der Waals surface area contributed by atoms with Gasteiger partial charge in [0.1, 0.15) is 11.5 Å². The van der Waals surface area contributed by atoms with Crippen LogP contribution in [0.2, 0.25) is 0 Å². The lowest BCUT2D eigenvalue weighted by Crippen LogP contribution is -2.46. The van der Waals surface area contributed by atoms with Crippen LogP contribution in [0.3, 0.4) is 0 Å². The maximum Gasteiger partial charge on any atom is 0.118 e. The normalized spacial score (nSPS) is 23.1. The Morgan fingerprint density at radius 3 is 2.41 bits per heavy atom. The molecule has 4 heteroatoms. The Labute approximate surface area is 102 Å². The average molecular weight is 235 g/mol. The van der Waals surface area contributed by atoms with Crippen molar-refractivity contribution < 1.29 is 4.42 Å². The third kappa shape index (κ3) is 2.70. The van der Waals surface area contributed by atoms with Crippen LogP contribution >= 0.6 is 0 Å². The second-order valence-corrected chi connectivity index (χ2v) is 5.12. The summed E-state index contributed by atoms with van der Waals surface area (Å²) >= 11 is 0. The van der Waals surface area contributed by atoms with Crippen LogP contribution in [0.5, 0.6) is 0 Å². The molecule has 17 heavy (non-hydrogen) atoms.